The zero-order valence-electron chi connectivity index (χ0n) is 5.34. The summed E-state index contributed by atoms with van der Waals surface area (Å²) >= 11 is 6.52. The van der Waals surface area contributed by atoms with Crippen LogP contribution in [0.3, 0.4) is 0 Å². The lowest BCUT2D eigenvalue weighted by Crippen LogP contribution is -1.68. The molecule has 0 unspecified atom stereocenters. The van der Waals surface area contributed by atoms with Gasteiger partial charge in [0.15, 0.2) is 0 Å². The van der Waals surface area contributed by atoms with E-state index in [0.717, 1.165) is 8.95 Å². The average molecular weight is 277 g/mol. The predicted molar refractivity (Wildman–Crippen MR) is 49.6 cm³/mol. The SMILES string of the molecule is O=C=Nc1ccc(Br)cc1Br. The van der Waals surface area contributed by atoms with Crippen molar-refractivity contribution in [2.24, 2.45) is 4.99 Å². The largest absolute Gasteiger partial charge is 0.240 e. The second kappa shape index (κ2) is 3.81. The molecule has 2 nitrogen and oxygen atoms in total. The Morgan fingerprint density at radius 1 is 1.36 bits per heavy atom. The fourth-order valence-electron chi connectivity index (χ4n) is 0.621. The van der Waals surface area contributed by atoms with E-state index in [1.54, 1.807) is 12.1 Å². The van der Waals surface area contributed by atoms with E-state index in [0.29, 0.717) is 5.69 Å². The Labute approximate surface area is 80.6 Å². The first kappa shape index (κ1) is 8.65. The summed E-state index contributed by atoms with van der Waals surface area (Å²) in [4.78, 5) is 13.4. The number of aliphatic imine (C=N–C) groups is 1. The lowest BCUT2D eigenvalue weighted by molar-refractivity contribution is 0.565. The van der Waals surface area contributed by atoms with Gasteiger partial charge in [-0.3, -0.25) is 0 Å². The summed E-state index contributed by atoms with van der Waals surface area (Å²) in [5.74, 6) is 0. The van der Waals surface area contributed by atoms with Crippen molar-refractivity contribution < 1.29 is 4.79 Å². The molecule has 0 saturated carbocycles. The van der Waals surface area contributed by atoms with Gasteiger partial charge < -0.3 is 0 Å². The quantitative estimate of drug-likeness (QED) is 0.572. The van der Waals surface area contributed by atoms with Crippen LogP contribution >= 0.6 is 31.9 Å². The average Bonchev–Trinajstić information content (AvgIpc) is 1.95. The summed E-state index contributed by atoms with van der Waals surface area (Å²) in [6, 6.07) is 5.34. The van der Waals surface area contributed by atoms with Gasteiger partial charge in [0.25, 0.3) is 0 Å². The molecule has 0 heterocycles. The molecule has 0 aliphatic rings. The molecule has 1 aromatic carbocycles. The van der Waals surface area contributed by atoms with Gasteiger partial charge in [0.05, 0.1) is 5.69 Å². The maximum atomic E-state index is 9.89. The van der Waals surface area contributed by atoms with Crippen molar-refractivity contribution in [3.8, 4) is 0 Å². The molecule has 0 N–H and O–H groups in total. The first-order chi connectivity index (χ1) is 5.24. The number of isocyanates is 1. The van der Waals surface area contributed by atoms with E-state index in [1.165, 1.54) is 6.08 Å². The number of hydrogen-bond donors (Lipinski definition) is 0. The first-order valence-corrected chi connectivity index (χ1v) is 4.35. The van der Waals surface area contributed by atoms with Crippen molar-refractivity contribution in [2.45, 2.75) is 0 Å². The summed E-state index contributed by atoms with van der Waals surface area (Å²) in [6.07, 6.45) is 1.47. The number of hydrogen-bond acceptors (Lipinski definition) is 2. The normalized spacial score (nSPS) is 8.91. The van der Waals surface area contributed by atoms with Crippen molar-refractivity contribution in [3.63, 3.8) is 0 Å². The van der Waals surface area contributed by atoms with E-state index < -0.39 is 0 Å². The Balaban J connectivity index is 3.19. The van der Waals surface area contributed by atoms with Crippen molar-refractivity contribution in [3.05, 3.63) is 27.1 Å². The van der Waals surface area contributed by atoms with Crippen molar-refractivity contribution in [1.82, 2.24) is 0 Å². The molecule has 56 valence electrons. The molecule has 0 amide bonds. The number of carbonyl (C=O) groups excluding carboxylic acids is 1. The van der Waals surface area contributed by atoms with E-state index in [1.807, 2.05) is 6.07 Å². The van der Waals surface area contributed by atoms with Crippen LogP contribution in [0.5, 0.6) is 0 Å². The predicted octanol–water partition coefficient (Wildman–Crippen LogP) is 3.18. The third kappa shape index (κ3) is 2.26. The maximum Gasteiger partial charge on any atom is 0.240 e. The lowest BCUT2D eigenvalue weighted by atomic mass is 10.3. The second-order valence-corrected chi connectivity index (χ2v) is 3.57. The minimum atomic E-state index is 0.586. The highest BCUT2D eigenvalue weighted by atomic mass is 79.9. The lowest BCUT2D eigenvalue weighted by Gasteiger charge is -1.94. The summed E-state index contributed by atoms with van der Waals surface area (Å²) < 4.78 is 1.71. The van der Waals surface area contributed by atoms with E-state index >= 15 is 0 Å². The Bertz CT molecular complexity index is 318. The first-order valence-electron chi connectivity index (χ1n) is 2.77. The fourth-order valence-corrected chi connectivity index (χ4v) is 1.76. The Morgan fingerprint density at radius 3 is 2.64 bits per heavy atom. The molecule has 0 bridgehead atoms. The van der Waals surface area contributed by atoms with Crippen LogP contribution in [0.25, 0.3) is 0 Å². The van der Waals surface area contributed by atoms with E-state index in [9.17, 15) is 4.79 Å². The third-order valence-electron chi connectivity index (χ3n) is 1.08. The van der Waals surface area contributed by atoms with E-state index in [2.05, 4.69) is 36.9 Å². The van der Waals surface area contributed by atoms with Gasteiger partial charge >= 0.3 is 0 Å². The van der Waals surface area contributed by atoms with Crippen LogP contribution in [-0.2, 0) is 4.79 Å². The summed E-state index contributed by atoms with van der Waals surface area (Å²) in [6.45, 7) is 0. The fraction of sp³-hybridized carbons (Fsp3) is 0. The zero-order chi connectivity index (χ0) is 8.27. The van der Waals surface area contributed by atoms with Gasteiger partial charge in [0.1, 0.15) is 0 Å². The van der Waals surface area contributed by atoms with Crippen molar-refractivity contribution in [1.29, 1.82) is 0 Å². The molecule has 0 aliphatic heterocycles. The van der Waals surface area contributed by atoms with Crippen molar-refractivity contribution in [2.75, 3.05) is 0 Å². The summed E-state index contributed by atoms with van der Waals surface area (Å²) in [5, 5.41) is 0. The van der Waals surface area contributed by atoms with Crippen LogP contribution in [0.15, 0.2) is 32.1 Å². The maximum absolute atomic E-state index is 9.89. The third-order valence-corrected chi connectivity index (χ3v) is 2.20. The summed E-state index contributed by atoms with van der Waals surface area (Å²) in [5.41, 5.74) is 0.586. The highest BCUT2D eigenvalue weighted by molar-refractivity contribution is 9.11. The van der Waals surface area contributed by atoms with E-state index in [4.69, 9.17) is 0 Å². The molecule has 0 saturated heterocycles. The number of halogens is 2. The standard InChI is InChI=1S/C7H3Br2NO/c8-5-1-2-7(10-4-11)6(9)3-5/h1-3H. The molecule has 0 aromatic heterocycles. The molecule has 0 fully saturated rings. The Kier molecular flexibility index (Phi) is 3.00. The smallest absolute Gasteiger partial charge is 0.211 e. The molecule has 0 atom stereocenters. The second-order valence-electron chi connectivity index (χ2n) is 1.80. The summed E-state index contributed by atoms with van der Waals surface area (Å²) in [7, 11) is 0. The van der Waals surface area contributed by atoms with Crippen LogP contribution in [0, 0.1) is 0 Å². The van der Waals surface area contributed by atoms with Crippen LogP contribution < -0.4 is 0 Å². The molecule has 0 spiro atoms. The van der Waals surface area contributed by atoms with Crippen LogP contribution in [-0.4, -0.2) is 6.08 Å². The molecule has 0 radical (unpaired) electrons. The highest BCUT2D eigenvalue weighted by Crippen LogP contribution is 2.27. The number of rotatable bonds is 1. The van der Waals surface area contributed by atoms with E-state index in [-0.39, 0.29) is 0 Å². The number of benzene rings is 1. The molecule has 1 aromatic rings. The van der Waals surface area contributed by atoms with Crippen molar-refractivity contribution >= 4 is 43.6 Å². The molecular formula is C7H3Br2NO. The molecule has 11 heavy (non-hydrogen) atoms. The molecular weight excluding hydrogens is 274 g/mol. The topological polar surface area (TPSA) is 29.4 Å². The zero-order valence-corrected chi connectivity index (χ0v) is 8.52. The minimum absolute atomic E-state index is 0.586. The van der Waals surface area contributed by atoms with Gasteiger partial charge in [0, 0.05) is 8.95 Å². The van der Waals surface area contributed by atoms with Gasteiger partial charge in [-0.25, -0.2) is 4.79 Å². The van der Waals surface area contributed by atoms with Crippen LogP contribution in [0.2, 0.25) is 0 Å². The highest BCUT2D eigenvalue weighted by Gasteiger charge is 1.96. The Hall–Kier alpha value is -0.440. The molecule has 0 aliphatic carbocycles. The van der Waals surface area contributed by atoms with Gasteiger partial charge in [-0.15, -0.1) is 0 Å². The minimum Gasteiger partial charge on any atom is -0.211 e. The van der Waals surface area contributed by atoms with Gasteiger partial charge in [-0.2, -0.15) is 4.99 Å². The van der Waals surface area contributed by atoms with Gasteiger partial charge in [-0.1, -0.05) is 15.9 Å². The molecule has 4 heteroatoms. The molecule has 1 rings (SSSR count). The van der Waals surface area contributed by atoms with Crippen LogP contribution in [0.4, 0.5) is 5.69 Å². The number of nitrogens with zero attached hydrogens (tertiary/aromatic N) is 1. The van der Waals surface area contributed by atoms with Gasteiger partial charge in [-0.05, 0) is 34.1 Å². The van der Waals surface area contributed by atoms with Gasteiger partial charge in [0.2, 0.25) is 6.08 Å². The Morgan fingerprint density at radius 2 is 2.09 bits per heavy atom. The monoisotopic (exact) mass is 275 g/mol. The van der Waals surface area contributed by atoms with Crippen LogP contribution in [0.1, 0.15) is 0 Å².